The van der Waals surface area contributed by atoms with Crippen molar-refractivity contribution in [2.24, 2.45) is 0 Å². The lowest BCUT2D eigenvalue weighted by Crippen LogP contribution is -2.30. The second-order valence-corrected chi connectivity index (χ2v) is 6.04. The first-order valence-electron chi connectivity index (χ1n) is 8.28. The second kappa shape index (κ2) is 7.70. The number of hydrogen-bond donors (Lipinski definition) is 1. The lowest BCUT2D eigenvalue weighted by molar-refractivity contribution is -0.122. The highest BCUT2D eigenvalue weighted by atomic mass is 16.2. The van der Waals surface area contributed by atoms with Crippen molar-refractivity contribution in [1.82, 2.24) is 25.5 Å². The molecular weight excluding hydrogens is 314 g/mol. The summed E-state index contributed by atoms with van der Waals surface area (Å²) in [5.74, 6) is 0.397. The summed E-state index contributed by atoms with van der Waals surface area (Å²) in [5.41, 5.74) is 4.53. The average molecular weight is 335 g/mol. The Morgan fingerprint density at radius 2 is 1.84 bits per heavy atom. The monoisotopic (exact) mass is 335 g/mol. The van der Waals surface area contributed by atoms with E-state index >= 15 is 0 Å². The molecule has 0 aliphatic heterocycles. The molecule has 1 amide bonds. The molecule has 0 unspecified atom stereocenters. The minimum Gasteiger partial charge on any atom is -0.354 e. The van der Waals surface area contributed by atoms with Crippen LogP contribution in [0.2, 0.25) is 0 Å². The number of carbonyl (C=O) groups excluding carboxylic acids is 1. The molecule has 1 heterocycles. The maximum absolute atomic E-state index is 12.0. The van der Waals surface area contributed by atoms with E-state index in [0.717, 1.165) is 12.0 Å². The smallest absolute Gasteiger partial charge is 0.243 e. The summed E-state index contributed by atoms with van der Waals surface area (Å²) in [7, 11) is 0. The van der Waals surface area contributed by atoms with E-state index in [1.807, 2.05) is 43.3 Å². The molecule has 0 bridgehead atoms. The molecule has 3 rings (SSSR count). The summed E-state index contributed by atoms with van der Waals surface area (Å²) in [6.45, 7) is 4.74. The van der Waals surface area contributed by atoms with Gasteiger partial charge < -0.3 is 5.32 Å². The lowest BCUT2D eigenvalue weighted by atomic mass is 10.1. The van der Waals surface area contributed by atoms with Gasteiger partial charge in [-0.2, -0.15) is 4.80 Å². The molecule has 6 nitrogen and oxygen atoms in total. The van der Waals surface area contributed by atoms with E-state index in [-0.39, 0.29) is 12.5 Å². The summed E-state index contributed by atoms with van der Waals surface area (Å²) >= 11 is 0. The fourth-order valence-electron chi connectivity index (χ4n) is 2.54. The summed E-state index contributed by atoms with van der Waals surface area (Å²) in [6, 6.07) is 16.0. The van der Waals surface area contributed by atoms with Crippen LogP contribution in [0.4, 0.5) is 0 Å². The van der Waals surface area contributed by atoms with E-state index in [1.165, 1.54) is 21.5 Å². The molecule has 1 aromatic heterocycles. The molecule has 25 heavy (non-hydrogen) atoms. The number of benzene rings is 2. The molecule has 6 heteroatoms. The van der Waals surface area contributed by atoms with Crippen LogP contribution in [0, 0.1) is 13.8 Å². The van der Waals surface area contributed by atoms with Gasteiger partial charge in [0.05, 0.1) is 0 Å². The van der Waals surface area contributed by atoms with E-state index in [4.69, 9.17) is 0 Å². The van der Waals surface area contributed by atoms with Crippen LogP contribution in [0.5, 0.6) is 0 Å². The zero-order valence-corrected chi connectivity index (χ0v) is 14.4. The van der Waals surface area contributed by atoms with Crippen LogP contribution in [-0.4, -0.2) is 32.7 Å². The van der Waals surface area contributed by atoms with Gasteiger partial charge in [0, 0.05) is 12.1 Å². The highest BCUT2D eigenvalue weighted by Gasteiger charge is 2.09. The number of hydrogen-bond acceptors (Lipinski definition) is 4. The first kappa shape index (κ1) is 16.8. The van der Waals surface area contributed by atoms with Gasteiger partial charge in [-0.15, -0.1) is 10.2 Å². The third-order valence-corrected chi connectivity index (χ3v) is 4.03. The zero-order valence-electron chi connectivity index (χ0n) is 14.4. The van der Waals surface area contributed by atoms with Gasteiger partial charge in [0.2, 0.25) is 11.7 Å². The van der Waals surface area contributed by atoms with Crippen molar-refractivity contribution in [3.05, 3.63) is 65.2 Å². The standard InChI is InChI=1S/C19H21N5O/c1-14-7-9-17(10-8-14)19-21-23-24(22-19)13-18(25)20-12-11-16-6-4-3-5-15(16)2/h3-10H,11-13H2,1-2H3,(H,20,25). The van der Waals surface area contributed by atoms with Crippen LogP contribution >= 0.6 is 0 Å². The zero-order chi connectivity index (χ0) is 17.6. The SMILES string of the molecule is Cc1ccc(-c2nnn(CC(=O)NCCc3ccccc3C)n2)cc1. The Balaban J connectivity index is 1.51. The number of rotatable bonds is 6. The average Bonchev–Trinajstić information content (AvgIpc) is 3.05. The molecule has 0 saturated carbocycles. The Morgan fingerprint density at radius 3 is 2.60 bits per heavy atom. The van der Waals surface area contributed by atoms with Crippen molar-refractivity contribution in [3.63, 3.8) is 0 Å². The number of nitrogens with one attached hydrogen (secondary N) is 1. The van der Waals surface area contributed by atoms with Crippen LogP contribution in [0.3, 0.4) is 0 Å². The normalized spacial score (nSPS) is 10.6. The molecule has 0 radical (unpaired) electrons. The quantitative estimate of drug-likeness (QED) is 0.750. The van der Waals surface area contributed by atoms with Crippen molar-refractivity contribution in [2.45, 2.75) is 26.8 Å². The van der Waals surface area contributed by atoms with E-state index in [1.54, 1.807) is 0 Å². The fraction of sp³-hybridized carbons (Fsp3) is 0.263. The van der Waals surface area contributed by atoms with Gasteiger partial charge in [-0.05, 0) is 36.6 Å². The van der Waals surface area contributed by atoms with E-state index in [9.17, 15) is 4.79 Å². The fourth-order valence-corrected chi connectivity index (χ4v) is 2.54. The summed E-state index contributed by atoms with van der Waals surface area (Å²) in [4.78, 5) is 13.4. The Bertz CT molecular complexity index is 854. The van der Waals surface area contributed by atoms with E-state index in [2.05, 4.69) is 39.8 Å². The number of aryl methyl sites for hydroxylation is 2. The Labute approximate surface area is 146 Å². The van der Waals surface area contributed by atoms with Gasteiger partial charge in [0.25, 0.3) is 0 Å². The predicted molar refractivity (Wildman–Crippen MR) is 95.9 cm³/mol. The van der Waals surface area contributed by atoms with Crippen LogP contribution < -0.4 is 5.32 Å². The summed E-state index contributed by atoms with van der Waals surface area (Å²) in [5, 5.41) is 15.1. The predicted octanol–water partition coefficient (Wildman–Crippen LogP) is 2.32. The number of amides is 1. The molecule has 0 fully saturated rings. The topological polar surface area (TPSA) is 72.7 Å². The maximum Gasteiger partial charge on any atom is 0.243 e. The highest BCUT2D eigenvalue weighted by molar-refractivity contribution is 5.75. The molecule has 0 atom stereocenters. The van der Waals surface area contributed by atoms with Crippen molar-refractivity contribution in [1.29, 1.82) is 0 Å². The van der Waals surface area contributed by atoms with Crippen LogP contribution in [0.15, 0.2) is 48.5 Å². The molecular formula is C19H21N5O. The third kappa shape index (κ3) is 4.50. The molecule has 0 spiro atoms. The Kier molecular flexibility index (Phi) is 5.18. The highest BCUT2D eigenvalue weighted by Crippen LogP contribution is 2.13. The number of carbonyl (C=O) groups is 1. The van der Waals surface area contributed by atoms with Crippen molar-refractivity contribution < 1.29 is 4.79 Å². The lowest BCUT2D eigenvalue weighted by Gasteiger charge is -2.07. The van der Waals surface area contributed by atoms with Gasteiger partial charge in [-0.3, -0.25) is 4.79 Å². The summed E-state index contributed by atoms with van der Waals surface area (Å²) < 4.78 is 0. The van der Waals surface area contributed by atoms with Gasteiger partial charge in [0.15, 0.2) is 0 Å². The van der Waals surface area contributed by atoms with Crippen molar-refractivity contribution in [2.75, 3.05) is 6.54 Å². The van der Waals surface area contributed by atoms with Crippen LogP contribution in [-0.2, 0) is 17.8 Å². The summed E-state index contributed by atoms with van der Waals surface area (Å²) in [6.07, 6.45) is 0.803. The molecule has 128 valence electrons. The first-order chi connectivity index (χ1) is 12.1. The van der Waals surface area contributed by atoms with Gasteiger partial charge in [0.1, 0.15) is 6.54 Å². The number of nitrogens with zero attached hydrogens (tertiary/aromatic N) is 4. The molecule has 1 N–H and O–H groups in total. The Hall–Kier alpha value is -3.02. The minimum absolute atomic E-state index is 0.0621. The third-order valence-electron chi connectivity index (χ3n) is 4.03. The molecule has 2 aromatic carbocycles. The number of tetrazole rings is 1. The van der Waals surface area contributed by atoms with Crippen LogP contribution in [0.25, 0.3) is 11.4 Å². The Morgan fingerprint density at radius 1 is 1.08 bits per heavy atom. The van der Waals surface area contributed by atoms with Gasteiger partial charge in [-0.25, -0.2) is 0 Å². The minimum atomic E-state index is -0.124. The van der Waals surface area contributed by atoms with Crippen molar-refractivity contribution in [3.8, 4) is 11.4 Å². The molecule has 0 saturated heterocycles. The van der Waals surface area contributed by atoms with Crippen LogP contribution in [0.1, 0.15) is 16.7 Å². The number of aromatic nitrogens is 4. The largest absolute Gasteiger partial charge is 0.354 e. The first-order valence-corrected chi connectivity index (χ1v) is 8.28. The molecule has 0 aliphatic rings. The molecule has 3 aromatic rings. The second-order valence-electron chi connectivity index (χ2n) is 6.04. The van der Waals surface area contributed by atoms with Gasteiger partial charge >= 0.3 is 0 Å². The van der Waals surface area contributed by atoms with E-state index in [0.29, 0.717) is 12.4 Å². The van der Waals surface area contributed by atoms with Gasteiger partial charge in [-0.1, -0.05) is 54.1 Å². The van der Waals surface area contributed by atoms with Crippen molar-refractivity contribution >= 4 is 5.91 Å². The molecule has 0 aliphatic carbocycles. The maximum atomic E-state index is 12.0. The van der Waals surface area contributed by atoms with E-state index < -0.39 is 0 Å².